The monoisotopic (exact) mass is 837 g/mol. The number of carboxylic acids is 3. The normalized spacial score (nSPS) is 17.3. The van der Waals surface area contributed by atoms with Gasteiger partial charge in [-0.2, -0.15) is 0 Å². The number of nitrogens with one attached hydrogen (secondary N) is 6. The maximum atomic E-state index is 14.3. The molecule has 0 aromatic heterocycles. The molecule has 59 heavy (non-hydrogen) atoms. The van der Waals surface area contributed by atoms with Gasteiger partial charge in [0.25, 0.3) is 5.91 Å². The van der Waals surface area contributed by atoms with Gasteiger partial charge in [0.2, 0.25) is 41.2 Å². The predicted octanol–water partition coefficient (Wildman–Crippen LogP) is -1.16. The number of carboxylic acid groups (broad SMARTS) is 3. The van der Waals surface area contributed by atoms with Gasteiger partial charge in [-0.15, -0.1) is 6.58 Å². The van der Waals surface area contributed by atoms with E-state index in [0.717, 1.165) is 6.92 Å². The summed E-state index contributed by atoms with van der Waals surface area (Å²) in [5, 5.41) is 41.6. The minimum absolute atomic E-state index is 0.0380. The van der Waals surface area contributed by atoms with Crippen molar-refractivity contribution < 1.29 is 68.1 Å². The maximum absolute atomic E-state index is 14.3. The van der Waals surface area contributed by atoms with Gasteiger partial charge in [-0.1, -0.05) is 47.1 Å². The number of hydrogen-bond acceptors (Lipinski definition) is 11. The highest BCUT2D eigenvalue weighted by Gasteiger charge is 2.44. The second-order valence-electron chi connectivity index (χ2n) is 15.1. The second-order valence-corrected chi connectivity index (χ2v) is 15.1. The summed E-state index contributed by atoms with van der Waals surface area (Å²) in [6.45, 7) is 12.2. The van der Waals surface area contributed by atoms with Crippen molar-refractivity contribution in [3.8, 4) is 0 Å². The Bertz CT molecular complexity index is 1600. The van der Waals surface area contributed by atoms with Crippen molar-refractivity contribution in [2.24, 2.45) is 17.8 Å². The smallest absolute Gasteiger partial charge is 0.322 e. The Balaban J connectivity index is 3.37. The van der Waals surface area contributed by atoms with Gasteiger partial charge >= 0.3 is 17.9 Å². The average Bonchev–Trinajstić information content (AvgIpc) is 3.57. The molecule has 21 heteroatoms. The number of amides is 7. The fraction of sp³-hybridized carbons (Fsp3) is 0.658. The Morgan fingerprint density at radius 2 is 1.22 bits per heavy atom. The van der Waals surface area contributed by atoms with E-state index in [1.807, 2.05) is 5.32 Å². The van der Waals surface area contributed by atoms with Crippen LogP contribution in [0.3, 0.4) is 0 Å². The summed E-state index contributed by atoms with van der Waals surface area (Å²) >= 11 is 0. The van der Waals surface area contributed by atoms with Crippen LogP contribution in [0.15, 0.2) is 12.7 Å². The number of carbonyl (C=O) groups is 11. The van der Waals surface area contributed by atoms with E-state index in [-0.39, 0.29) is 31.7 Å². The largest absolute Gasteiger partial charge is 0.481 e. The molecule has 1 rings (SSSR count). The van der Waals surface area contributed by atoms with Crippen LogP contribution in [0.1, 0.15) is 92.9 Å². The van der Waals surface area contributed by atoms with Crippen molar-refractivity contribution >= 4 is 65.0 Å². The first-order chi connectivity index (χ1) is 27.5. The molecule has 1 fully saturated rings. The van der Waals surface area contributed by atoms with Gasteiger partial charge in [0, 0.05) is 26.3 Å². The minimum atomic E-state index is -1.55. The highest BCUT2D eigenvalue weighted by molar-refractivity contribution is 6.38. The van der Waals surface area contributed by atoms with Crippen LogP contribution in [0.5, 0.6) is 0 Å². The lowest BCUT2D eigenvalue weighted by molar-refractivity contribution is -0.145. The van der Waals surface area contributed by atoms with E-state index in [2.05, 4.69) is 33.2 Å². The van der Waals surface area contributed by atoms with Crippen molar-refractivity contribution in [1.82, 2.24) is 36.8 Å². The van der Waals surface area contributed by atoms with Crippen molar-refractivity contribution in [2.45, 2.75) is 129 Å². The van der Waals surface area contributed by atoms with Crippen LogP contribution in [0.4, 0.5) is 0 Å². The molecule has 7 atom stereocenters. The number of likely N-dealkylation sites (tertiary alicyclic amines) is 1. The summed E-state index contributed by atoms with van der Waals surface area (Å²) in [6.07, 6.45) is 0.681. The summed E-state index contributed by atoms with van der Waals surface area (Å²) < 4.78 is 0. The van der Waals surface area contributed by atoms with Crippen LogP contribution in [-0.2, 0) is 52.7 Å². The van der Waals surface area contributed by atoms with E-state index in [4.69, 9.17) is 10.2 Å². The molecule has 1 saturated heterocycles. The fourth-order valence-electron chi connectivity index (χ4n) is 6.36. The van der Waals surface area contributed by atoms with Crippen LogP contribution < -0.4 is 31.9 Å². The lowest BCUT2D eigenvalue weighted by atomic mass is 9.98. The number of rotatable bonds is 26. The Morgan fingerprint density at radius 3 is 1.69 bits per heavy atom. The molecule has 0 aliphatic carbocycles. The van der Waals surface area contributed by atoms with Gasteiger partial charge in [0.1, 0.15) is 36.8 Å². The highest BCUT2D eigenvalue weighted by atomic mass is 16.4. The zero-order valence-corrected chi connectivity index (χ0v) is 34.3. The Kier molecular flexibility index (Phi) is 21.5. The van der Waals surface area contributed by atoms with Crippen LogP contribution in [0.25, 0.3) is 0 Å². The molecule has 0 saturated carbocycles. The molecule has 7 unspecified atom stereocenters. The van der Waals surface area contributed by atoms with E-state index in [9.17, 15) is 57.8 Å². The number of ketones is 1. The molecule has 0 radical (unpaired) electrons. The number of aliphatic carboxylic acids is 3. The second kappa shape index (κ2) is 24.8. The summed E-state index contributed by atoms with van der Waals surface area (Å²) in [5.41, 5.74) is 0. The molecule has 0 aromatic rings. The molecule has 9 N–H and O–H groups in total. The van der Waals surface area contributed by atoms with E-state index < -0.39 is 139 Å². The van der Waals surface area contributed by atoms with E-state index in [1.165, 1.54) is 4.90 Å². The molecule has 1 heterocycles. The molecule has 330 valence electrons. The number of Topliss-reactive ketones (excluding diaryl/α,β-unsaturated/α-hetero) is 1. The third-order valence-corrected chi connectivity index (χ3v) is 9.41. The lowest BCUT2D eigenvalue weighted by Crippen LogP contribution is -2.61. The van der Waals surface area contributed by atoms with E-state index in [0.29, 0.717) is 12.8 Å². The van der Waals surface area contributed by atoms with Gasteiger partial charge in [-0.25, -0.2) is 0 Å². The van der Waals surface area contributed by atoms with Crippen molar-refractivity contribution in [3.63, 3.8) is 0 Å². The fourth-order valence-corrected chi connectivity index (χ4v) is 6.36. The van der Waals surface area contributed by atoms with Crippen molar-refractivity contribution in [2.75, 3.05) is 13.1 Å². The predicted molar refractivity (Wildman–Crippen MR) is 208 cm³/mol. The van der Waals surface area contributed by atoms with Gasteiger partial charge in [0.15, 0.2) is 0 Å². The highest BCUT2D eigenvalue weighted by Crippen LogP contribution is 2.28. The maximum Gasteiger partial charge on any atom is 0.322 e. The number of allylic oxidation sites excluding steroid dienone is 1. The van der Waals surface area contributed by atoms with Gasteiger partial charge in [-0.05, 0) is 49.9 Å². The van der Waals surface area contributed by atoms with Gasteiger partial charge < -0.3 is 52.1 Å². The van der Waals surface area contributed by atoms with Crippen LogP contribution >= 0.6 is 0 Å². The third-order valence-electron chi connectivity index (χ3n) is 9.41. The molecule has 7 amide bonds. The zero-order valence-electron chi connectivity index (χ0n) is 34.3. The third kappa shape index (κ3) is 17.2. The van der Waals surface area contributed by atoms with Gasteiger partial charge in [-0.3, -0.25) is 52.7 Å². The standard InChI is InChI=1S/C38H59N7O14/c1-8-10-22-16-26(35(56)41-23(11-9-2)32(53)37(58)39-17-29(51)52)45(18-22)38(59)31(20(5)6)44-36(57)30(19(3)4)43-34(55)25(13-15-28(49)50)42-33(54)24(40-21(7)46)12-14-27(47)48/h8,19-20,22-26,30-31H,1,9-18H2,2-7H3,(H,39,58)(H,40,46)(H,41,56)(H,42,54)(H,43,55)(H,44,57)(H,47,48)(H,49,50)(H,51,52). The Hall–Kier alpha value is -5.89. The molecular formula is C38H59N7O14. The first-order valence-corrected chi connectivity index (χ1v) is 19.4. The summed E-state index contributed by atoms with van der Waals surface area (Å²) in [5.74, 6) is -12.5. The number of nitrogens with zero attached hydrogens (tertiary/aromatic N) is 1. The number of carbonyl (C=O) groups excluding carboxylic acids is 8. The van der Waals surface area contributed by atoms with Crippen molar-refractivity contribution in [3.05, 3.63) is 12.7 Å². The average molecular weight is 838 g/mol. The zero-order chi connectivity index (χ0) is 45.1. The first-order valence-electron chi connectivity index (χ1n) is 19.4. The Labute approximate surface area is 342 Å². The molecule has 0 spiro atoms. The molecule has 0 bridgehead atoms. The topological polar surface area (TPSA) is 324 Å². The minimum Gasteiger partial charge on any atom is -0.481 e. The molecule has 1 aliphatic heterocycles. The van der Waals surface area contributed by atoms with E-state index in [1.54, 1.807) is 40.7 Å². The summed E-state index contributed by atoms with van der Waals surface area (Å²) in [4.78, 5) is 140. The first kappa shape index (κ1) is 51.1. The summed E-state index contributed by atoms with van der Waals surface area (Å²) in [6, 6.07) is -8.00. The quantitative estimate of drug-likeness (QED) is 0.0367. The SMILES string of the molecule is C=CCC1CC(C(=O)NC(CCC)C(=O)C(=O)NCC(=O)O)N(C(=O)C(NC(=O)C(NC(=O)C(CCC(=O)O)NC(=O)C(CCC(=O)O)NC(C)=O)C(C)C)C(C)C)C1. The van der Waals surface area contributed by atoms with E-state index >= 15 is 0 Å². The van der Waals surface area contributed by atoms with Crippen LogP contribution in [0.2, 0.25) is 0 Å². The van der Waals surface area contributed by atoms with Crippen LogP contribution in [-0.4, -0.2) is 135 Å². The molecule has 1 aliphatic rings. The molecule has 0 aromatic carbocycles. The summed E-state index contributed by atoms with van der Waals surface area (Å²) in [7, 11) is 0. The molecular weight excluding hydrogens is 778 g/mol. The number of hydrogen-bond donors (Lipinski definition) is 9. The molecule has 21 nitrogen and oxygen atoms in total. The lowest BCUT2D eigenvalue weighted by Gasteiger charge is -2.33. The van der Waals surface area contributed by atoms with Gasteiger partial charge in [0.05, 0.1) is 6.04 Å². The van der Waals surface area contributed by atoms with Crippen molar-refractivity contribution in [1.29, 1.82) is 0 Å². The van der Waals surface area contributed by atoms with Crippen LogP contribution in [0, 0.1) is 17.8 Å². The Morgan fingerprint density at radius 1 is 0.695 bits per heavy atom.